The molecule has 0 bridgehead atoms. The average Bonchev–Trinajstić information content (AvgIpc) is 2.43. The summed E-state index contributed by atoms with van der Waals surface area (Å²) < 4.78 is 122. The molecular formula is C13H8F10INS2. The van der Waals surface area contributed by atoms with E-state index < -0.39 is 39.4 Å². The highest BCUT2D eigenvalue weighted by Gasteiger charge is 2.67. The molecule has 0 amide bonds. The van der Waals surface area contributed by atoms with E-state index in [1.165, 1.54) is 28.7 Å². The molecule has 0 aliphatic carbocycles. The van der Waals surface area contributed by atoms with Gasteiger partial charge in [-0.3, -0.25) is 0 Å². The summed E-state index contributed by atoms with van der Waals surface area (Å²) in [6.45, 7) is 0. The number of benzene rings is 2. The smallest absolute Gasteiger partial charge is 0.192 e. The molecule has 2 aromatic rings. The molecule has 0 aliphatic rings. The number of hydrogen-bond acceptors (Lipinski definition) is 1. The molecule has 2 rings (SSSR count). The number of nitrogens with zero attached hydrogens (tertiary/aromatic N) is 1. The van der Waals surface area contributed by atoms with Gasteiger partial charge in [0.05, 0.1) is 5.56 Å². The standard InChI is InChI=1S/C7H4F5NS.C6H4F5IS/c8-14(9,10,11,12)7-4-2-1-3-6(7)5-13;7-13(8,9,10,11)6-4-2-1-3-5(6)12/h1-4H;1-4H. The van der Waals surface area contributed by atoms with E-state index in [0.717, 1.165) is 30.3 Å². The Morgan fingerprint density at radius 2 is 1.00 bits per heavy atom. The van der Waals surface area contributed by atoms with Gasteiger partial charge in [0.15, 0.2) is 0 Å². The van der Waals surface area contributed by atoms with Gasteiger partial charge in [-0.05, 0) is 46.9 Å². The molecule has 27 heavy (non-hydrogen) atoms. The fourth-order valence-electron chi connectivity index (χ4n) is 1.65. The summed E-state index contributed by atoms with van der Waals surface area (Å²) in [5.41, 5.74) is -1.06. The second-order valence-electron chi connectivity index (χ2n) is 4.98. The van der Waals surface area contributed by atoms with Crippen LogP contribution in [-0.4, -0.2) is 0 Å². The van der Waals surface area contributed by atoms with E-state index in [4.69, 9.17) is 5.26 Å². The quantitative estimate of drug-likeness (QED) is 0.266. The van der Waals surface area contributed by atoms with Crippen molar-refractivity contribution in [3.8, 4) is 6.07 Å². The van der Waals surface area contributed by atoms with Crippen LogP contribution in [0.4, 0.5) is 38.9 Å². The van der Waals surface area contributed by atoms with E-state index in [1.54, 1.807) is 0 Å². The molecule has 0 heterocycles. The first-order valence-corrected chi connectivity index (χ1v) is 11.2. The van der Waals surface area contributed by atoms with Gasteiger partial charge in [0.1, 0.15) is 15.9 Å². The van der Waals surface area contributed by atoms with E-state index in [-0.39, 0.29) is 6.07 Å². The third-order valence-electron chi connectivity index (χ3n) is 2.68. The van der Waals surface area contributed by atoms with Crippen molar-refractivity contribution in [2.24, 2.45) is 0 Å². The maximum absolute atomic E-state index is 12.2. The normalized spacial score (nSPS) is 17.1. The number of nitriles is 1. The van der Waals surface area contributed by atoms with Crippen LogP contribution in [0.15, 0.2) is 58.3 Å². The molecule has 0 saturated carbocycles. The van der Waals surface area contributed by atoms with Crippen LogP contribution < -0.4 is 0 Å². The van der Waals surface area contributed by atoms with Crippen LogP contribution in [0.1, 0.15) is 5.56 Å². The Morgan fingerprint density at radius 1 is 0.630 bits per heavy atom. The van der Waals surface area contributed by atoms with Gasteiger partial charge in [0.2, 0.25) is 0 Å². The van der Waals surface area contributed by atoms with Gasteiger partial charge < -0.3 is 0 Å². The molecule has 0 N–H and O–H groups in total. The molecule has 0 fully saturated rings. The third-order valence-corrected chi connectivity index (χ3v) is 6.36. The summed E-state index contributed by atoms with van der Waals surface area (Å²) in [6.07, 6.45) is 0. The SMILES string of the molecule is FS(F)(F)(F)(F)c1ccccc1I.N#Cc1ccccc1S(F)(F)(F)(F)F. The largest absolute Gasteiger partial charge is 0.311 e. The third kappa shape index (κ3) is 6.96. The minimum absolute atomic E-state index is 0.208. The van der Waals surface area contributed by atoms with Gasteiger partial charge in [-0.1, -0.05) is 63.1 Å². The molecule has 0 spiro atoms. The van der Waals surface area contributed by atoms with Gasteiger partial charge in [0.25, 0.3) is 0 Å². The van der Waals surface area contributed by atoms with Gasteiger partial charge in [-0.2, -0.15) is 5.26 Å². The Labute approximate surface area is 160 Å². The van der Waals surface area contributed by atoms with Crippen molar-refractivity contribution in [1.82, 2.24) is 0 Å². The molecule has 0 unspecified atom stereocenters. The monoisotopic (exact) mass is 559 g/mol. The Kier molecular flexibility index (Phi) is 4.91. The summed E-state index contributed by atoms with van der Waals surface area (Å²) in [5.74, 6) is 0. The zero-order chi connectivity index (χ0) is 21.5. The fraction of sp³-hybridized carbons (Fsp3) is 0. The van der Waals surface area contributed by atoms with Gasteiger partial charge in [-0.15, -0.1) is 0 Å². The summed E-state index contributed by atoms with van der Waals surface area (Å²) in [4.78, 5) is -3.95. The van der Waals surface area contributed by atoms with E-state index >= 15 is 0 Å². The lowest BCUT2D eigenvalue weighted by Gasteiger charge is -2.41. The predicted octanol–water partition coefficient (Wildman–Crippen LogP) is 9.16. The van der Waals surface area contributed by atoms with Crippen molar-refractivity contribution < 1.29 is 38.9 Å². The minimum Gasteiger partial charge on any atom is -0.192 e. The molecule has 0 atom stereocenters. The zero-order valence-corrected chi connectivity index (χ0v) is 16.3. The molecule has 2 aromatic carbocycles. The second kappa shape index (κ2) is 5.60. The van der Waals surface area contributed by atoms with Crippen LogP contribution in [0.2, 0.25) is 0 Å². The lowest BCUT2D eigenvalue weighted by molar-refractivity contribution is 0.360. The van der Waals surface area contributed by atoms with Crippen LogP contribution in [0.5, 0.6) is 0 Å². The molecule has 0 saturated heterocycles. The van der Waals surface area contributed by atoms with Crippen LogP contribution in [0.3, 0.4) is 0 Å². The Hall–Kier alpha value is -1.34. The predicted molar refractivity (Wildman–Crippen MR) is 93.1 cm³/mol. The Bertz CT molecular complexity index is 917. The van der Waals surface area contributed by atoms with Crippen LogP contribution in [-0.2, 0) is 0 Å². The number of rotatable bonds is 2. The maximum atomic E-state index is 12.2. The van der Waals surface area contributed by atoms with Gasteiger partial charge >= 0.3 is 20.4 Å². The lowest BCUT2D eigenvalue weighted by atomic mass is 10.2. The van der Waals surface area contributed by atoms with Crippen molar-refractivity contribution >= 4 is 43.0 Å². The van der Waals surface area contributed by atoms with Crippen molar-refractivity contribution in [1.29, 1.82) is 5.26 Å². The van der Waals surface area contributed by atoms with E-state index in [1.807, 2.05) is 0 Å². The van der Waals surface area contributed by atoms with Crippen LogP contribution in [0.25, 0.3) is 0 Å². The highest BCUT2D eigenvalue weighted by Crippen LogP contribution is 3.03. The van der Waals surface area contributed by atoms with E-state index in [2.05, 4.69) is 0 Å². The first-order chi connectivity index (χ1) is 11.5. The highest BCUT2D eigenvalue weighted by molar-refractivity contribution is 14.1. The van der Waals surface area contributed by atoms with Crippen molar-refractivity contribution in [2.75, 3.05) is 0 Å². The zero-order valence-electron chi connectivity index (χ0n) is 12.5. The summed E-state index contributed by atoms with van der Waals surface area (Å²) in [5, 5.41) is 8.25. The molecular weight excluding hydrogens is 551 g/mol. The van der Waals surface area contributed by atoms with Crippen molar-refractivity contribution in [3.05, 3.63) is 57.7 Å². The molecule has 14 heteroatoms. The van der Waals surface area contributed by atoms with Crippen molar-refractivity contribution in [3.63, 3.8) is 0 Å². The Balaban J connectivity index is 0.000000271. The molecule has 154 valence electrons. The molecule has 0 radical (unpaired) electrons. The van der Waals surface area contributed by atoms with E-state index in [9.17, 15) is 38.9 Å². The van der Waals surface area contributed by atoms with Gasteiger partial charge in [-0.25, -0.2) is 0 Å². The van der Waals surface area contributed by atoms with Crippen molar-refractivity contribution in [2.45, 2.75) is 9.79 Å². The van der Waals surface area contributed by atoms with E-state index in [0.29, 0.717) is 12.1 Å². The molecule has 1 nitrogen and oxygen atoms in total. The maximum Gasteiger partial charge on any atom is 0.311 e. The van der Waals surface area contributed by atoms with Crippen LogP contribution in [0, 0.1) is 14.9 Å². The van der Waals surface area contributed by atoms with Crippen LogP contribution >= 0.6 is 43.0 Å². The molecule has 0 aliphatic heterocycles. The second-order valence-corrected chi connectivity index (χ2v) is 10.9. The number of hydrogen-bond donors (Lipinski definition) is 0. The highest BCUT2D eigenvalue weighted by atomic mass is 127. The Morgan fingerprint density at radius 3 is 1.30 bits per heavy atom. The molecule has 0 aromatic heterocycles. The average molecular weight is 559 g/mol. The summed E-state index contributed by atoms with van der Waals surface area (Å²) in [7, 11) is -19.2. The summed E-state index contributed by atoms with van der Waals surface area (Å²) in [6, 6.07) is 7.49. The minimum atomic E-state index is -9.72. The summed E-state index contributed by atoms with van der Waals surface area (Å²) >= 11 is 1.24. The van der Waals surface area contributed by atoms with Gasteiger partial charge in [0, 0.05) is 3.57 Å². The first kappa shape index (κ1) is 23.7. The fourth-order valence-corrected chi connectivity index (χ4v) is 4.93. The topological polar surface area (TPSA) is 23.8 Å². The lowest BCUT2D eigenvalue weighted by Crippen LogP contribution is -2.07. The number of halogens is 11. The first-order valence-electron chi connectivity index (χ1n) is 6.27.